The number of amides is 1. The summed E-state index contributed by atoms with van der Waals surface area (Å²) in [6.07, 6.45) is 3.92. The largest absolute Gasteiger partial charge is 0.335 e. The summed E-state index contributed by atoms with van der Waals surface area (Å²) in [6.45, 7) is 3.46. The molecule has 0 aromatic heterocycles. The van der Waals surface area contributed by atoms with E-state index in [9.17, 15) is 13.2 Å². The Kier molecular flexibility index (Phi) is 6.42. The van der Waals surface area contributed by atoms with Crippen molar-refractivity contribution in [2.24, 2.45) is 0 Å². The average Bonchev–Trinajstić information content (AvgIpc) is 3.05. The second-order valence-corrected chi connectivity index (χ2v) is 9.03. The third-order valence-electron chi connectivity index (χ3n) is 4.71. The SMILES string of the molecule is CCN(Cc1ccccc1Cl)C(=O)/C=C/c1ccc(N2CCCS2(=O)=O)cc1. The molecule has 0 radical (unpaired) electrons. The number of nitrogens with zero attached hydrogens (tertiary/aromatic N) is 2. The molecular weight excluding hydrogens is 396 g/mol. The van der Waals surface area contributed by atoms with E-state index in [1.165, 1.54) is 10.4 Å². The number of hydrogen-bond donors (Lipinski definition) is 0. The number of rotatable bonds is 6. The van der Waals surface area contributed by atoms with E-state index in [4.69, 9.17) is 11.6 Å². The van der Waals surface area contributed by atoms with Gasteiger partial charge in [-0.1, -0.05) is 41.9 Å². The van der Waals surface area contributed by atoms with Gasteiger partial charge in [-0.3, -0.25) is 9.10 Å². The van der Waals surface area contributed by atoms with Crippen LogP contribution in [0.4, 0.5) is 5.69 Å². The van der Waals surface area contributed by atoms with Crippen molar-refractivity contribution in [3.8, 4) is 0 Å². The molecule has 2 aromatic carbocycles. The molecule has 1 fully saturated rings. The van der Waals surface area contributed by atoms with E-state index in [-0.39, 0.29) is 11.7 Å². The number of hydrogen-bond acceptors (Lipinski definition) is 3. The minimum absolute atomic E-state index is 0.103. The zero-order chi connectivity index (χ0) is 20.1. The van der Waals surface area contributed by atoms with Crippen LogP contribution in [-0.4, -0.2) is 38.1 Å². The van der Waals surface area contributed by atoms with E-state index in [0.29, 0.717) is 36.8 Å². The molecule has 0 aliphatic carbocycles. The molecule has 0 N–H and O–H groups in total. The lowest BCUT2D eigenvalue weighted by molar-refractivity contribution is -0.126. The summed E-state index contributed by atoms with van der Waals surface area (Å²) in [5, 5.41) is 0.644. The van der Waals surface area contributed by atoms with Crippen LogP contribution in [0.25, 0.3) is 6.08 Å². The third-order valence-corrected chi connectivity index (χ3v) is 6.95. The van der Waals surface area contributed by atoms with Gasteiger partial charge in [0.15, 0.2) is 0 Å². The summed E-state index contributed by atoms with van der Waals surface area (Å²) in [5.74, 6) is 0.0927. The van der Waals surface area contributed by atoms with Crippen LogP contribution in [0.5, 0.6) is 0 Å². The maximum absolute atomic E-state index is 12.5. The van der Waals surface area contributed by atoms with Crippen molar-refractivity contribution in [3.05, 3.63) is 70.8 Å². The van der Waals surface area contributed by atoms with Gasteiger partial charge in [0.05, 0.1) is 11.4 Å². The fourth-order valence-electron chi connectivity index (χ4n) is 3.13. The Balaban J connectivity index is 1.67. The third kappa shape index (κ3) is 4.75. The normalized spacial score (nSPS) is 15.9. The highest BCUT2D eigenvalue weighted by Crippen LogP contribution is 2.24. The number of sulfonamides is 1. The fourth-order valence-corrected chi connectivity index (χ4v) is 4.89. The Morgan fingerprint density at radius 1 is 1.18 bits per heavy atom. The van der Waals surface area contributed by atoms with Crippen molar-refractivity contribution in [1.82, 2.24) is 4.90 Å². The lowest BCUT2D eigenvalue weighted by Gasteiger charge is -2.20. The first-order valence-corrected chi connectivity index (χ1v) is 11.2. The molecule has 28 heavy (non-hydrogen) atoms. The van der Waals surface area contributed by atoms with Gasteiger partial charge in [-0.05, 0) is 48.7 Å². The van der Waals surface area contributed by atoms with Crippen molar-refractivity contribution in [2.45, 2.75) is 19.9 Å². The summed E-state index contributed by atoms with van der Waals surface area (Å²) in [5.41, 5.74) is 2.40. The topological polar surface area (TPSA) is 57.7 Å². The van der Waals surface area contributed by atoms with E-state index in [1.807, 2.05) is 43.3 Å². The van der Waals surface area contributed by atoms with Crippen LogP contribution in [0, 0.1) is 0 Å². The minimum Gasteiger partial charge on any atom is -0.335 e. The second kappa shape index (κ2) is 8.80. The molecule has 2 aromatic rings. The maximum atomic E-state index is 12.5. The smallest absolute Gasteiger partial charge is 0.246 e. The number of carbonyl (C=O) groups is 1. The molecule has 0 bridgehead atoms. The van der Waals surface area contributed by atoms with Crippen molar-refractivity contribution < 1.29 is 13.2 Å². The van der Waals surface area contributed by atoms with Crippen LogP contribution in [0.3, 0.4) is 0 Å². The highest BCUT2D eigenvalue weighted by atomic mass is 35.5. The molecule has 0 atom stereocenters. The van der Waals surface area contributed by atoms with E-state index >= 15 is 0 Å². The van der Waals surface area contributed by atoms with Crippen molar-refractivity contribution >= 4 is 39.3 Å². The standard InChI is InChI=1S/C21H23ClN2O3S/c1-2-23(16-18-6-3-4-7-20(18)22)21(25)13-10-17-8-11-19(12-9-17)24-14-5-15-28(24,26)27/h3-4,6-13H,2,5,14-16H2,1H3/b13-10+. The lowest BCUT2D eigenvalue weighted by Crippen LogP contribution is -2.28. The zero-order valence-electron chi connectivity index (χ0n) is 15.7. The first-order valence-electron chi connectivity index (χ1n) is 9.21. The van der Waals surface area contributed by atoms with E-state index < -0.39 is 10.0 Å². The summed E-state index contributed by atoms with van der Waals surface area (Å²) >= 11 is 6.19. The Hall–Kier alpha value is -2.31. The van der Waals surface area contributed by atoms with E-state index in [0.717, 1.165) is 11.1 Å². The molecule has 1 saturated heterocycles. The predicted octanol–water partition coefficient (Wildman–Crippen LogP) is 3.94. The summed E-state index contributed by atoms with van der Waals surface area (Å²) in [4.78, 5) is 14.2. The van der Waals surface area contributed by atoms with Crippen molar-refractivity contribution in [1.29, 1.82) is 0 Å². The molecule has 3 rings (SSSR count). The molecule has 5 nitrogen and oxygen atoms in total. The fraction of sp³-hybridized carbons (Fsp3) is 0.286. The Morgan fingerprint density at radius 3 is 2.50 bits per heavy atom. The van der Waals surface area contributed by atoms with Gasteiger partial charge in [0.2, 0.25) is 15.9 Å². The molecule has 0 spiro atoms. The van der Waals surface area contributed by atoms with Gasteiger partial charge in [0, 0.05) is 30.7 Å². The molecule has 0 unspecified atom stereocenters. The lowest BCUT2D eigenvalue weighted by atomic mass is 10.1. The number of anilines is 1. The van der Waals surface area contributed by atoms with Crippen LogP contribution >= 0.6 is 11.6 Å². The molecule has 7 heteroatoms. The van der Waals surface area contributed by atoms with Crippen molar-refractivity contribution in [3.63, 3.8) is 0 Å². The monoisotopic (exact) mass is 418 g/mol. The molecule has 1 aliphatic heterocycles. The highest BCUT2D eigenvalue weighted by Gasteiger charge is 2.28. The number of halogens is 1. The van der Waals surface area contributed by atoms with Gasteiger partial charge in [0.25, 0.3) is 0 Å². The predicted molar refractivity (Wildman–Crippen MR) is 114 cm³/mol. The zero-order valence-corrected chi connectivity index (χ0v) is 17.3. The Morgan fingerprint density at radius 2 is 1.89 bits per heavy atom. The van der Waals surface area contributed by atoms with E-state index in [1.54, 1.807) is 23.1 Å². The van der Waals surface area contributed by atoms with Gasteiger partial charge in [-0.2, -0.15) is 0 Å². The van der Waals surface area contributed by atoms with Crippen LogP contribution in [0.1, 0.15) is 24.5 Å². The number of likely N-dealkylation sites (N-methyl/N-ethyl adjacent to an activating group) is 1. The maximum Gasteiger partial charge on any atom is 0.246 e. The number of benzene rings is 2. The Labute approximate surface area is 171 Å². The van der Waals surface area contributed by atoms with Gasteiger partial charge in [-0.15, -0.1) is 0 Å². The van der Waals surface area contributed by atoms with Gasteiger partial charge < -0.3 is 4.90 Å². The molecule has 1 heterocycles. The van der Waals surface area contributed by atoms with Crippen LogP contribution in [-0.2, 0) is 21.4 Å². The van der Waals surface area contributed by atoms with Crippen LogP contribution in [0.15, 0.2) is 54.6 Å². The van der Waals surface area contributed by atoms with E-state index in [2.05, 4.69) is 0 Å². The van der Waals surface area contributed by atoms with Crippen LogP contribution < -0.4 is 4.31 Å². The molecule has 1 amide bonds. The first-order chi connectivity index (χ1) is 13.4. The minimum atomic E-state index is -3.18. The van der Waals surface area contributed by atoms with Crippen molar-refractivity contribution in [2.75, 3.05) is 23.1 Å². The average molecular weight is 419 g/mol. The molecular formula is C21H23ClN2O3S. The number of carbonyl (C=O) groups excluding carboxylic acids is 1. The first kappa shape index (κ1) is 20.4. The van der Waals surface area contributed by atoms with Gasteiger partial charge in [-0.25, -0.2) is 8.42 Å². The van der Waals surface area contributed by atoms with Gasteiger partial charge >= 0.3 is 0 Å². The van der Waals surface area contributed by atoms with Crippen LogP contribution in [0.2, 0.25) is 5.02 Å². The summed E-state index contributed by atoms with van der Waals surface area (Å²) in [6, 6.07) is 14.7. The Bertz CT molecular complexity index is 971. The molecule has 1 aliphatic rings. The quantitative estimate of drug-likeness (QED) is 0.667. The van der Waals surface area contributed by atoms with Gasteiger partial charge in [0.1, 0.15) is 0 Å². The second-order valence-electron chi connectivity index (χ2n) is 6.61. The highest BCUT2D eigenvalue weighted by molar-refractivity contribution is 7.93. The molecule has 148 valence electrons. The summed E-state index contributed by atoms with van der Waals surface area (Å²) < 4.78 is 25.4. The summed E-state index contributed by atoms with van der Waals surface area (Å²) in [7, 11) is -3.18. The molecule has 0 saturated carbocycles.